The third kappa shape index (κ3) is 5.13. The fourth-order valence-corrected chi connectivity index (χ4v) is 1.29. The van der Waals surface area contributed by atoms with Gasteiger partial charge in [-0.05, 0) is 30.2 Å². The minimum atomic E-state index is -0.391. The zero-order chi connectivity index (χ0) is 13.2. The molecule has 0 aliphatic carbocycles. The van der Waals surface area contributed by atoms with Gasteiger partial charge >= 0.3 is 5.97 Å². The van der Waals surface area contributed by atoms with Crippen molar-refractivity contribution in [1.82, 2.24) is 0 Å². The Morgan fingerprint density at radius 2 is 2.28 bits per heavy atom. The molecule has 0 spiro atoms. The summed E-state index contributed by atoms with van der Waals surface area (Å²) in [4.78, 5) is 11.3. The molecule has 0 radical (unpaired) electrons. The molecule has 0 heterocycles. The van der Waals surface area contributed by atoms with E-state index in [1.165, 1.54) is 6.08 Å². The summed E-state index contributed by atoms with van der Waals surface area (Å²) >= 11 is 0. The smallest absolute Gasteiger partial charge is 0.331 e. The SMILES string of the molecule is CC/C=C/COC(=O)/C=C/c1cccc(C#N)c1. The van der Waals surface area contributed by atoms with Crippen LogP contribution in [-0.4, -0.2) is 12.6 Å². The molecule has 3 nitrogen and oxygen atoms in total. The van der Waals surface area contributed by atoms with Crippen LogP contribution in [0.15, 0.2) is 42.5 Å². The van der Waals surface area contributed by atoms with Crippen LogP contribution in [0.2, 0.25) is 0 Å². The van der Waals surface area contributed by atoms with Gasteiger partial charge in [0.25, 0.3) is 0 Å². The summed E-state index contributed by atoms with van der Waals surface area (Å²) in [5, 5.41) is 8.73. The fourth-order valence-electron chi connectivity index (χ4n) is 1.29. The Morgan fingerprint density at radius 3 is 3.00 bits per heavy atom. The van der Waals surface area contributed by atoms with E-state index < -0.39 is 5.97 Å². The number of esters is 1. The second-order valence-electron chi connectivity index (χ2n) is 3.58. The van der Waals surface area contributed by atoms with Gasteiger partial charge < -0.3 is 4.74 Å². The second-order valence-corrected chi connectivity index (χ2v) is 3.58. The summed E-state index contributed by atoms with van der Waals surface area (Å²) in [6.07, 6.45) is 7.66. The van der Waals surface area contributed by atoms with Gasteiger partial charge in [-0.15, -0.1) is 0 Å². The number of benzene rings is 1. The fraction of sp³-hybridized carbons (Fsp3) is 0.200. The summed E-state index contributed by atoms with van der Waals surface area (Å²) in [5.74, 6) is -0.391. The van der Waals surface area contributed by atoms with Crippen molar-refractivity contribution < 1.29 is 9.53 Å². The summed E-state index contributed by atoms with van der Waals surface area (Å²) in [5.41, 5.74) is 1.37. The Balaban J connectivity index is 2.50. The average Bonchev–Trinajstić information content (AvgIpc) is 2.41. The first-order valence-electron chi connectivity index (χ1n) is 5.76. The van der Waals surface area contributed by atoms with E-state index in [1.54, 1.807) is 24.3 Å². The van der Waals surface area contributed by atoms with Gasteiger partial charge in [0.05, 0.1) is 11.6 Å². The summed E-state index contributed by atoms with van der Waals surface area (Å²) in [6, 6.07) is 9.06. The van der Waals surface area contributed by atoms with Gasteiger partial charge in [-0.25, -0.2) is 4.79 Å². The number of rotatable bonds is 5. The summed E-state index contributed by atoms with van der Waals surface area (Å²) < 4.78 is 4.94. The highest BCUT2D eigenvalue weighted by Crippen LogP contribution is 2.06. The van der Waals surface area contributed by atoms with Crippen molar-refractivity contribution >= 4 is 12.0 Å². The molecule has 0 saturated carbocycles. The van der Waals surface area contributed by atoms with Gasteiger partial charge in [0, 0.05) is 6.08 Å². The van der Waals surface area contributed by atoms with Crippen LogP contribution < -0.4 is 0 Å². The maximum Gasteiger partial charge on any atom is 0.331 e. The normalized spacial score (nSPS) is 10.7. The van der Waals surface area contributed by atoms with Crippen LogP contribution in [0.25, 0.3) is 6.08 Å². The van der Waals surface area contributed by atoms with E-state index in [9.17, 15) is 4.79 Å². The number of nitriles is 1. The maximum atomic E-state index is 11.3. The molecule has 0 N–H and O–H groups in total. The summed E-state index contributed by atoms with van der Waals surface area (Å²) in [6.45, 7) is 2.30. The first-order valence-corrected chi connectivity index (χ1v) is 5.76. The second kappa shape index (κ2) is 7.86. The van der Waals surface area contributed by atoms with E-state index in [-0.39, 0.29) is 6.61 Å². The molecule has 0 fully saturated rings. The number of allylic oxidation sites excluding steroid dienone is 1. The van der Waals surface area contributed by atoms with E-state index in [0.717, 1.165) is 12.0 Å². The molecule has 0 bridgehead atoms. The molecule has 92 valence electrons. The molecule has 1 aromatic rings. The maximum absolute atomic E-state index is 11.3. The lowest BCUT2D eigenvalue weighted by Crippen LogP contribution is -1.99. The Labute approximate surface area is 107 Å². The quantitative estimate of drug-likeness (QED) is 0.452. The highest BCUT2D eigenvalue weighted by Gasteiger charge is 1.95. The van der Waals surface area contributed by atoms with Crippen molar-refractivity contribution in [1.29, 1.82) is 5.26 Å². The standard InChI is InChI=1S/C15H15NO2/c1-2-3-4-10-18-15(17)9-8-13-6-5-7-14(11-13)12-16/h3-9,11H,2,10H2,1H3/b4-3+,9-8+. The molecule has 1 rings (SSSR count). The van der Waals surface area contributed by atoms with E-state index in [0.29, 0.717) is 5.56 Å². The lowest BCUT2D eigenvalue weighted by Gasteiger charge is -1.97. The molecule has 0 unspecified atom stereocenters. The molecular weight excluding hydrogens is 226 g/mol. The monoisotopic (exact) mass is 241 g/mol. The largest absolute Gasteiger partial charge is 0.458 e. The molecule has 0 atom stereocenters. The van der Waals surface area contributed by atoms with Gasteiger partial charge in [0.15, 0.2) is 0 Å². The number of carbonyl (C=O) groups excluding carboxylic acids is 1. The topological polar surface area (TPSA) is 50.1 Å². The molecule has 0 saturated heterocycles. The zero-order valence-electron chi connectivity index (χ0n) is 10.3. The molecule has 0 aromatic heterocycles. The Bertz CT molecular complexity index is 495. The number of hydrogen-bond donors (Lipinski definition) is 0. The minimum absolute atomic E-state index is 0.287. The Kier molecular flexibility index (Phi) is 5.99. The number of ether oxygens (including phenoxy) is 1. The van der Waals surface area contributed by atoms with Crippen LogP contribution in [0.3, 0.4) is 0 Å². The first kappa shape index (κ1) is 13.7. The molecule has 0 aliphatic heterocycles. The van der Waals surface area contributed by atoms with Gasteiger partial charge in [-0.2, -0.15) is 5.26 Å². The molecular formula is C15H15NO2. The molecule has 0 aliphatic rings. The van der Waals surface area contributed by atoms with Gasteiger partial charge in [-0.3, -0.25) is 0 Å². The predicted octanol–water partition coefficient (Wildman–Crippen LogP) is 3.08. The first-order chi connectivity index (χ1) is 8.76. The van der Waals surface area contributed by atoms with Crippen LogP contribution in [0.4, 0.5) is 0 Å². The van der Waals surface area contributed by atoms with Crippen molar-refractivity contribution in [2.45, 2.75) is 13.3 Å². The van der Waals surface area contributed by atoms with Crippen molar-refractivity contribution in [3.05, 3.63) is 53.6 Å². The lowest BCUT2D eigenvalue weighted by molar-refractivity contribution is -0.136. The van der Waals surface area contributed by atoms with E-state index in [1.807, 2.05) is 31.2 Å². The molecule has 0 amide bonds. The lowest BCUT2D eigenvalue weighted by atomic mass is 10.1. The highest BCUT2D eigenvalue weighted by atomic mass is 16.5. The van der Waals surface area contributed by atoms with Crippen LogP contribution in [0.1, 0.15) is 24.5 Å². The van der Waals surface area contributed by atoms with Crippen LogP contribution in [-0.2, 0) is 9.53 Å². The number of carbonyl (C=O) groups is 1. The highest BCUT2D eigenvalue weighted by molar-refractivity contribution is 5.87. The van der Waals surface area contributed by atoms with E-state index in [2.05, 4.69) is 0 Å². The number of hydrogen-bond acceptors (Lipinski definition) is 3. The van der Waals surface area contributed by atoms with E-state index >= 15 is 0 Å². The Morgan fingerprint density at radius 1 is 1.44 bits per heavy atom. The van der Waals surface area contributed by atoms with Crippen LogP contribution in [0, 0.1) is 11.3 Å². The summed E-state index contributed by atoms with van der Waals surface area (Å²) in [7, 11) is 0. The van der Waals surface area contributed by atoms with Crippen molar-refractivity contribution in [3.8, 4) is 6.07 Å². The number of nitrogens with zero attached hydrogens (tertiary/aromatic N) is 1. The van der Waals surface area contributed by atoms with Crippen LogP contribution >= 0.6 is 0 Å². The van der Waals surface area contributed by atoms with Gasteiger partial charge in [-0.1, -0.05) is 31.2 Å². The van der Waals surface area contributed by atoms with Crippen molar-refractivity contribution in [2.24, 2.45) is 0 Å². The van der Waals surface area contributed by atoms with Crippen molar-refractivity contribution in [3.63, 3.8) is 0 Å². The van der Waals surface area contributed by atoms with Gasteiger partial charge in [0.1, 0.15) is 6.61 Å². The molecule has 1 aromatic carbocycles. The van der Waals surface area contributed by atoms with E-state index in [4.69, 9.17) is 10.00 Å². The minimum Gasteiger partial charge on any atom is -0.458 e. The molecule has 3 heteroatoms. The third-order valence-corrected chi connectivity index (χ3v) is 2.15. The van der Waals surface area contributed by atoms with Crippen LogP contribution in [0.5, 0.6) is 0 Å². The third-order valence-electron chi connectivity index (χ3n) is 2.15. The van der Waals surface area contributed by atoms with Crippen molar-refractivity contribution in [2.75, 3.05) is 6.61 Å². The van der Waals surface area contributed by atoms with Gasteiger partial charge in [0.2, 0.25) is 0 Å². The average molecular weight is 241 g/mol. The predicted molar refractivity (Wildman–Crippen MR) is 70.6 cm³/mol. The zero-order valence-corrected chi connectivity index (χ0v) is 10.3. The molecule has 18 heavy (non-hydrogen) atoms. The Hall–Kier alpha value is -2.34.